The number of hydrogen-bond acceptors (Lipinski definition) is 4. The Bertz CT molecular complexity index is 440. The number of likely N-dealkylation sites (tertiary alicyclic amines) is 1. The molecule has 0 spiro atoms. The highest BCUT2D eigenvalue weighted by Gasteiger charge is 2.31. The number of hydrogen-bond donors (Lipinski definition) is 1. The van der Waals surface area contributed by atoms with Crippen LogP contribution in [-0.2, 0) is 11.2 Å². The van der Waals surface area contributed by atoms with E-state index in [1.165, 1.54) is 5.56 Å². The maximum Gasteiger partial charge on any atom is 0.410 e. The molecule has 5 heteroatoms. The van der Waals surface area contributed by atoms with Crippen molar-refractivity contribution in [3.05, 3.63) is 22.4 Å². The lowest BCUT2D eigenvalue weighted by atomic mass is 10.2. The zero-order valence-electron chi connectivity index (χ0n) is 13.2. The van der Waals surface area contributed by atoms with Gasteiger partial charge in [0.25, 0.3) is 0 Å². The number of ether oxygens (including phenoxy) is 1. The Morgan fingerprint density at radius 2 is 2.33 bits per heavy atom. The fourth-order valence-corrected chi connectivity index (χ4v) is 3.25. The van der Waals surface area contributed by atoms with Crippen molar-refractivity contribution in [3.63, 3.8) is 0 Å². The van der Waals surface area contributed by atoms with E-state index in [9.17, 15) is 4.79 Å². The van der Waals surface area contributed by atoms with E-state index in [1.807, 2.05) is 25.7 Å². The fraction of sp³-hybridized carbons (Fsp3) is 0.688. The quantitative estimate of drug-likeness (QED) is 0.849. The zero-order valence-corrected chi connectivity index (χ0v) is 14.0. The van der Waals surface area contributed by atoms with Crippen LogP contribution in [0.15, 0.2) is 16.8 Å². The predicted octanol–water partition coefficient (Wildman–Crippen LogP) is 3.28. The number of nitrogens with zero attached hydrogens (tertiary/aromatic N) is 1. The van der Waals surface area contributed by atoms with Crippen molar-refractivity contribution in [1.82, 2.24) is 10.2 Å². The lowest BCUT2D eigenvalue weighted by Crippen LogP contribution is -2.44. The van der Waals surface area contributed by atoms with Crippen molar-refractivity contribution in [2.75, 3.05) is 19.6 Å². The Kier molecular flexibility index (Phi) is 5.65. The monoisotopic (exact) mass is 310 g/mol. The van der Waals surface area contributed by atoms with Gasteiger partial charge in [0.15, 0.2) is 0 Å². The molecule has 1 aliphatic rings. The van der Waals surface area contributed by atoms with Crippen LogP contribution >= 0.6 is 11.3 Å². The second-order valence-electron chi connectivity index (χ2n) is 6.56. The molecule has 1 fully saturated rings. The maximum absolute atomic E-state index is 12.2. The van der Waals surface area contributed by atoms with Crippen LogP contribution in [0.3, 0.4) is 0 Å². The van der Waals surface area contributed by atoms with Crippen LogP contribution in [0.1, 0.15) is 39.2 Å². The van der Waals surface area contributed by atoms with Gasteiger partial charge in [-0.3, -0.25) is 0 Å². The first-order valence-corrected chi connectivity index (χ1v) is 8.61. The molecule has 1 N–H and O–H groups in total. The summed E-state index contributed by atoms with van der Waals surface area (Å²) >= 11 is 1.74. The molecule has 118 valence electrons. The van der Waals surface area contributed by atoms with E-state index in [4.69, 9.17) is 4.74 Å². The molecule has 1 saturated heterocycles. The van der Waals surface area contributed by atoms with E-state index >= 15 is 0 Å². The van der Waals surface area contributed by atoms with Gasteiger partial charge in [-0.05, 0) is 69.0 Å². The fourth-order valence-electron chi connectivity index (χ4n) is 2.55. The lowest BCUT2D eigenvalue weighted by molar-refractivity contribution is 0.0227. The van der Waals surface area contributed by atoms with Crippen LogP contribution in [-0.4, -0.2) is 42.3 Å². The number of nitrogens with one attached hydrogen (secondary N) is 1. The summed E-state index contributed by atoms with van der Waals surface area (Å²) in [6.07, 6.45) is 2.99. The van der Waals surface area contributed by atoms with Gasteiger partial charge in [-0.25, -0.2) is 4.79 Å². The number of thiophene rings is 1. The van der Waals surface area contributed by atoms with Crippen LogP contribution in [0.5, 0.6) is 0 Å². The van der Waals surface area contributed by atoms with Crippen molar-refractivity contribution in [2.24, 2.45) is 0 Å². The molecule has 0 bridgehead atoms. The molecule has 1 aliphatic heterocycles. The summed E-state index contributed by atoms with van der Waals surface area (Å²) in [7, 11) is 0. The molecule has 0 radical (unpaired) electrons. The van der Waals surface area contributed by atoms with Crippen LogP contribution in [0, 0.1) is 0 Å². The first kappa shape index (κ1) is 16.3. The first-order chi connectivity index (χ1) is 9.96. The van der Waals surface area contributed by atoms with Gasteiger partial charge < -0.3 is 15.0 Å². The number of carbonyl (C=O) groups excluding carboxylic acids is 1. The smallest absolute Gasteiger partial charge is 0.410 e. The van der Waals surface area contributed by atoms with Crippen molar-refractivity contribution in [2.45, 2.75) is 51.7 Å². The Morgan fingerprint density at radius 1 is 1.52 bits per heavy atom. The molecule has 0 aromatic carbocycles. The average molecular weight is 310 g/mol. The molecule has 1 amide bonds. The minimum atomic E-state index is -0.420. The SMILES string of the molecule is CC(C)(C)OC(=O)N1CCCC1CNCCc1ccsc1. The van der Waals surface area contributed by atoms with Gasteiger partial charge in [-0.2, -0.15) is 11.3 Å². The second kappa shape index (κ2) is 7.27. The molecule has 1 atom stereocenters. The van der Waals surface area contributed by atoms with Crippen molar-refractivity contribution in [3.8, 4) is 0 Å². The van der Waals surface area contributed by atoms with Crippen molar-refractivity contribution in [1.29, 1.82) is 0 Å². The van der Waals surface area contributed by atoms with Gasteiger partial charge in [-0.15, -0.1) is 0 Å². The van der Waals surface area contributed by atoms with E-state index < -0.39 is 5.60 Å². The summed E-state index contributed by atoms with van der Waals surface area (Å²) < 4.78 is 5.48. The molecule has 4 nitrogen and oxygen atoms in total. The molecule has 21 heavy (non-hydrogen) atoms. The van der Waals surface area contributed by atoms with Crippen LogP contribution in [0.25, 0.3) is 0 Å². The highest BCUT2D eigenvalue weighted by Crippen LogP contribution is 2.20. The minimum absolute atomic E-state index is 0.176. The molecular formula is C16H26N2O2S. The van der Waals surface area contributed by atoms with Crippen molar-refractivity contribution >= 4 is 17.4 Å². The highest BCUT2D eigenvalue weighted by molar-refractivity contribution is 7.07. The topological polar surface area (TPSA) is 41.6 Å². The summed E-state index contributed by atoms with van der Waals surface area (Å²) in [5.74, 6) is 0. The van der Waals surface area contributed by atoms with E-state index in [0.717, 1.165) is 38.9 Å². The normalized spacial score (nSPS) is 19.0. The maximum atomic E-state index is 12.2. The summed E-state index contributed by atoms with van der Waals surface area (Å²) in [4.78, 5) is 14.0. The predicted molar refractivity (Wildman–Crippen MR) is 86.9 cm³/mol. The highest BCUT2D eigenvalue weighted by atomic mass is 32.1. The zero-order chi connectivity index (χ0) is 15.3. The molecule has 2 rings (SSSR count). The third-order valence-corrected chi connectivity index (χ3v) is 4.29. The molecule has 0 aliphatic carbocycles. The van der Waals surface area contributed by atoms with Gasteiger partial charge in [0.05, 0.1) is 0 Å². The second-order valence-corrected chi connectivity index (χ2v) is 7.34. The Labute approximate surface area is 131 Å². The Morgan fingerprint density at radius 3 is 3.00 bits per heavy atom. The minimum Gasteiger partial charge on any atom is -0.444 e. The third kappa shape index (κ3) is 5.32. The molecule has 2 heterocycles. The van der Waals surface area contributed by atoms with Gasteiger partial charge >= 0.3 is 6.09 Å². The molecule has 1 unspecified atom stereocenters. The Balaban J connectivity index is 1.72. The van der Waals surface area contributed by atoms with Crippen molar-refractivity contribution < 1.29 is 9.53 Å². The molecule has 1 aromatic rings. The van der Waals surface area contributed by atoms with Gasteiger partial charge in [0.1, 0.15) is 5.60 Å². The van der Waals surface area contributed by atoms with Gasteiger partial charge in [0.2, 0.25) is 0 Å². The van der Waals surface area contributed by atoms with E-state index in [-0.39, 0.29) is 12.1 Å². The largest absolute Gasteiger partial charge is 0.444 e. The van der Waals surface area contributed by atoms with Crippen LogP contribution < -0.4 is 5.32 Å². The number of rotatable bonds is 5. The number of carbonyl (C=O) groups is 1. The number of amides is 1. The first-order valence-electron chi connectivity index (χ1n) is 7.67. The molecule has 1 aromatic heterocycles. The van der Waals surface area contributed by atoms with Gasteiger partial charge in [0, 0.05) is 19.1 Å². The lowest BCUT2D eigenvalue weighted by Gasteiger charge is -2.28. The average Bonchev–Trinajstić information content (AvgIpc) is 3.04. The van der Waals surface area contributed by atoms with E-state index in [0.29, 0.717) is 0 Å². The Hall–Kier alpha value is -1.07. The van der Waals surface area contributed by atoms with E-state index in [1.54, 1.807) is 11.3 Å². The third-order valence-electron chi connectivity index (χ3n) is 3.56. The summed E-state index contributed by atoms with van der Waals surface area (Å²) in [6, 6.07) is 2.43. The standard InChI is InChI=1S/C16H26N2O2S/c1-16(2,3)20-15(19)18-9-4-5-14(18)11-17-8-6-13-7-10-21-12-13/h7,10,12,14,17H,4-6,8-9,11H2,1-3H3. The summed E-state index contributed by atoms with van der Waals surface area (Å²) in [5.41, 5.74) is 0.958. The summed E-state index contributed by atoms with van der Waals surface area (Å²) in [6.45, 7) is 8.35. The molecular weight excluding hydrogens is 284 g/mol. The molecule has 0 saturated carbocycles. The van der Waals surface area contributed by atoms with Crippen LogP contribution in [0.2, 0.25) is 0 Å². The van der Waals surface area contributed by atoms with Crippen LogP contribution in [0.4, 0.5) is 4.79 Å². The summed E-state index contributed by atoms with van der Waals surface area (Å²) in [5, 5.41) is 7.76. The van der Waals surface area contributed by atoms with Gasteiger partial charge in [-0.1, -0.05) is 0 Å². The van der Waals surface area contributed by atoms with E-state index in [2.05, 4.69) is 22.1 Å².